The van der Waals surface area contributed by atoms with Crippen LogP contribution in [0.2, 0.25) is 0 Å². The second-order valence-electron chi connectivity index (χ2n) is 4.14. The van der Waals surface area contributed by atoms with Gasteiger partial charge in [-0.25, -0.2) is 14.2 Å². The molecule has 1 fully saturated rings. The number of aromatic nitrogens is 3. The summed E-state index contributed by atoms with van der Waals surface area (Å²) in [5, 5.41) is 0. The zero-order chi connectivity index (χ0) is 16.0. The van der Waals surface area contributed by atoms with Crippen LogP contribution in [0.15, 0.2) is 9.59 Å². The van der Waals surface area contributed by atoms with Crippen LogP contribution < -0.4 is 11.4 Å². The first-order valence-corrected chi connectivity index (χ1v) is 9.30. The molecular formula is C8H7Cl6N3O2S2. The van der Waals surface area contributed by atoms with Crippen LogP contribution in [0.25, 0.3) is 0 Å². The van der Waals surface area contributed by atoms with E-state index in [9.17, 15) is 9.59 Å². The van der Waals surface area contributed by atoms with Crippen molar-refractivity contribution in [2.75, 3.05) is 0 Å². The summed E-state index contributed by atoms with van der Waals surface area (Å²) in [4.78, 5) is 24.7. The van der Waals surface area contributed by atoms with Crippen LogP contribution in [0, 0.1) is 0 Å². The fourth-order valence-electron chi connectivity index (χ4n) is 1.73. The topological polar surface area (TPSA) is 48.9 Å². The molecule has 120 valence electrons. The summed E-state index contributed by atoms with van der Waals surface area (Å²) in [5.74, 6) is 0. The molecule has 5 nitrogen and oxygen atoms in total. The number of rotatable bonds is 3. The van der Waals surface area contributed by atoms with Crippen molar-refractivity contribution in [1.82, 2.24) is 12.7 Å². The van der Waals surface area contributed by atoms with Crippen LogP contribution in [0.5, 0.6) is 0 Å². The maximum Gasteiger partial charge on any atom is 0.358 e. The molecule has 0 amide bonds. The van der Waals surface area contributed by atoms with E-state index in [0.717, 1.165) is 32.0 Å². The van der Waals surface area contributed by atoms with Gasteiger partial charge in [-0.15, -0.1) is 0 Å². The van der Waals surface area contributed by atoms with Crippen molar-refractivity contribution in [2.24, 2.45) is 0 Å². The average molecular weight is 454 g/mol. The minimum atomic E-state index is -1.85. The summed E-state index contributed by atoms with van der Waals surface area (Å²) in [7, 11) is 0. The van der Waals surface area contributed by atoms with Crippen molar-refractivity contribution in [1.29, 1.82) is 0 Å². The smallest absolute Gasteiger partial charge is 0.245 e. The first-order valence-electron chi connectivity index (χ1n) is 5.48. The standard InChI is InChI=1S/C8H7Cl6N3O2S2/c9-7(10,11)20-16-5(18)15(4-2-1-3-4)6(19)17(16)21-8(12,13)14/h4H,1-3H2. The number of halogens is 6. The molecule has 0 spiro atoms. The lowest BCUT2D eigenvalue weighted by molar-refractivity contribution is 0.300. The van der Waals surface area contributed by atoms with Gasteiger partial charge in [-0.3, -0.25) is 0 Å². The highest BCUT2D eigenvalue weighted by atomic mass is 35.6. The third-order valence-corrected chi connectivity index (χ3v) is 5.47. The van der Waals surface area contributed by atoms with Gasteiger partial charge >= 0.3 is 11.4 Å². The Balaban J connectivity index is 2.54. The highest BCUT2D eigenvalue weighted by Gasteiger charge is 2.34. The van der Waals surface area contributed by atoms with Gasteiger partial charge in [0.25, 0.3) is 6.25 Å². The van der Waals surface area contributed by atoms with Crippen LogP contribution in [0.3, 0.4) is 0 Å². The van der Waals surface area contributed by atoms with Crippen LogP contribution in [-0.4, -0.2) is 19.0 Å². The summed E-state index contributed by atoms with van der Waals surface area (Å²) in [6, 6.07) is -0.176. The number of alkyl halides is 6. The van der Waals surface area contributed by atoms with Gasteiger partial charge in [-0.05, 0) is 19.3 Å². The van der Waals surface area contributed by atoms with Gasteiger partial charge in [0.2, 0.25) is 0 Å². The Bertz CT molecular complexity index is 591. The maximum absolute atomic E-state index is 12.4. The normalized spacial score (nSPS) is 17.0. The predicted molar refractivity (Wildman–Crippen MR) is 92.4 cm³/mol. The van der Waals surface area contributed by atoms with Crippen molar-refractivity contribution in [2.45, 2.75) is 31.6 Å². The molecule has 1 saturated carbocycles. The molecule has 0 aromatic carbocycles. The summed E-state index contributed by atoms with van der Waals surface area (Å²) in [6.07, 6.45) is 2.41. The highest BCUT2D eigenvalue weighted by molar-refractivity contribution is 8.05. The largest absolute Gasteiger partial charge is 0.358 e. The lowest BCUT2D eigenvalue weighted by atomic mass is 9.93. The summed E-state index contributed by atoms with van der Waals surface area (Å²) >= 11 is 35.1. The first kappa shape index (κ1) is 18.5. The zero-order valence-corrected chi connectivity index (χ0v) is 16.1. The molecule has 1 heterocycles. The molecule has 0 atom stereocenters. The Kier molecular flexibility index (Phi) is 5.81. The lowest BCUT2D eigenvalue weighted by Gasteiger charge is -2.24. The predicted octanol–water partition coefficient (Wildman–Crippen LogP) is 4.18. The van der Waals surface area contributed by atoms with Crippen LogP contribution in [0.4, 0.5) is 0 Å². The van der Waals surface area contributed by atoms with Gasteiger partial charge in [0.1, 0.15) is 0 Å². The van der Waals surface area contributed by atoms with Gasteiger partial charge in [-0.2, -0.15) is 8.17 Å². The third-order valence-electron chi connectivity index (χ3n) is 2.72. The zero-order valence-electron chi connectivity index (χ0n) is 9.94. The Labute approximate surface area is 158 Å². The molecule has 0 aliphatic heterocycles. The van der Waals surface area contributed by atoms with E-state index in [4.69, 9.17) is 69.6 Å². The third kappa shape index (κ3) is 4.59. The quantitative estimate of drug-likeness (QED) is 0.644. The Morgan fingerprint density at radius 1 is 0.857 bits per heavy atom. The van der Waals surface area contributed by atoms with E-state index in [2.05, 4.69) is 0 Å². The molecule has 1 aromatic heterocycles. The molecule has 1 aliphatic carbocycles. The van der Waals surface area contributed by atoms with E-state index < -0.39 is 17.6 Å². The molecule has 0 unspecified atom stereocenters. The first-order chi connectivity index (χ1) is 9.49. The van der Waals surface area contributed by atoms with Crippen LogP contribution in [0.1, 0.15) is 25.3 Å². The Morgan fingerprint density at radius 2 is 1.24 bits per heavy atom. The second-order valence-corrected chi connectivity index (χ2v) is 12.3. The molecule has 0 radical (unpaired) electrons. The van der Waals surface area contributed by atoms with Gasteiger partial charge in [0.15, 0.2) is 0 Å². The monoisotopic (exact) mass is 451 g/mol. The van der Waals surface area contributed by atoms with Crippen molar-refractivity contribution < 1.29 is 0 Å². The van der Waals surface area contributed by atoms with E-state index in [-0.39, 0.29) is 6.04 Å². The van der Waals surface area contributed by atoms with E-state index in [1.54, 1.807) is 0 Å². The average Bonchev–Trinajstić information content (AvgIpc) is 2.40. The SMILES string of the molecule is O=c1n(C2CCC2)c(=O)n(SC(Cl)(Cl)Cl)n1SC(Cl)(Cl)Cl. The molecule has 21 heavy (non-hydrogen) atoms. The summed E-state index contributed by atoms with van der Waals surface area (Å²) in [5.41, 5.74) is -1.24. The van der Waals surface area contributed by atoms with E-state index >= 15 is 0 Å². The molecule has 0 saturated heterocycles. The van der Waals surface area contributed by atoms with Gasteiger partial charge in [0, 0.05) is 29.9 Å². The second kappa shape index (κ2) is 6.59. The molecule has 13 heteroatoms. The van der Waals surface area contributed by atoms with Crippen LogP contribution >= 0.6 is 93.5 Å². The highest BCUT2D eigenvalue weighted by Crippen LogP contribution is 2.42. The fourth-order valence-corrected chi connectivity index (χ4v) is 4.12. The van der Waals surface area contributed by atoms with E-state index in [1.165, 1.54) is 0 Å². The van der Waals surface area contributed by atoms with Crippen molar-refractivity contribution >= 4 is 93.5 Å². The van der Waals surface area contributed by atoms with Gasteiger partial charge < -0.3 is 0 Å². The Hall–Kier alpha value is 1.18. The van der Waals surface area contributed by atoms with E-state index in [1.807, 2.05) is 0 Å². The van der Waals surface area contributed by atoms with Gasteiger partial charge in [-0.1, -0.05) is 69.6 Å². The Morgan fingerprint density at radius 3 is 1.48 bits per heavy atom. The van der Waals surface area contributed by atoms with Crippen LogP contribution in [-0.2, 0) is 0 Å². The molecule has 2 rings (SSSR count). The molecule has 0 N–H and O–H groups in total. The number of hydrogen-bond acceptors (Lipinski definition) is 4. The number of nitrogens with zero attached hydrogens (tertiary/aromatic N) is 3. The van der Waals surface area contributed by atoms with Gasteiger partial charge in [0.05, 0.1) is 0 Å². The molecule has 0 bridgehead atoms. The minimum Gasteiger partial charge on any atom is -0.245 e. The van der Waals surface area contributed by atoms with Crippen molar-refractivity contribution in [3.63, 3.8) is 0 Å². The minimum absolute atomic E-state index is 0.176. The van der Waals surface area contributed by atoms with Crippen molar-refractivity contribution in [3.05, 3.63) is 21.0 Å². The lowest BCUT2D eigenvalue weighted by Crippen LogP contribution is -2.35. The molecule has 1 aromatic rings. The van der Waals surface area contributed by atoms with E-state index in [0.29, 0.717) is 23.9 Å². The summed E-state index contributed by atoms with van der Waals surface area (Å²) < 4.78 is -0.827. The molecule has 1 aliphatic rings. The fraction of sp³-hybridized carbons (Fsp3) is 0.750. The molecular weight excluding hydrogens is 447 g/mol. The maximum atomic E-state index is 12.4. The van der Waals surface area contributed by atoms with Crippen molar-refractivity contribution in [3.8, 4) is 0 Å². The summed E-state index contributed by atoms with van der Waals surface area (Å²) in [6.45, 7) is 0. The number of hydrogen-bond donors (Lipinski definition) is 0.